The minimum atomic E-state index is -0.212. The first-order valence-electron chi connectivity index (χ1n) is 7.96. The van der Waals surface area contributed by atoms with Crippen LogP contribution in [0.2, 0.25) is 10.0 Å². The van der Waals surface area contributed by atoms with Gasteiger partial charge in [-0.2, -0.15) is 5.10 Å². The van der Waals surface area contributed by atoms with Crippen molar-refractivity contribution in [3.8, 4) is 0 Å². The highest BCUT2D eigenvalue weighted by atomic mass is 35.5. The molecule has 1 N–H and O–H groups in total. The van der Waals surface area contributed by atoms with Crippen molar-refractivity contribution in [3.63, 3.8) is 0 Å². The van der Waals surface area contributed by atoms with Crippen LogP contribution in [-0.2, 0) is 0 Å². The van der Waals surface area contributed by atoms with E-state index in [1.807, 2.05) is 31.5 Å². The van der Waals surface area contributed by atoms with Crippen LogP contribution >= 0.6 is 23.2 Å². The molecule has 0 saturated carbocycles. The van der Waals surface area contributed by atoms with E-state index >= 15 is 0 Å². The summed E-state index contributed by atoms with van der Waals surface area (Å²) in [5, 5.41) is 9.05. The van der Waals surface area contributed by atoms with Crippen molar-refractivity contribution in [2.45, 2.75) is 32.9 Å². The van der Waals surface area contributed by atoms with Gasteiger partial charge in [-0.1, -0.05) is 29.3 Å². The predicted octanol–water partition coefficient (Wildman–Crippen LogP) is 4.81. The maximum absolute atomic E-state index is 12.5. The maximum Gasteiger partial charge on any atom is 0.253 e. The summed E-state index contributed by atoms with van der Waals surface area (Å²) in [5.41, 5.74) is 2.14. The van der Waals surface area contributed by atoms with Gasteiger partial charge in [-0.25, -0.2) is 9.67 Å². The minimum absolute atomic E-state index is 0.203. The Morgan fingerprint density at radius 1 is 1.12 bits per heavy atom. The van der Waals surface area contributed by atoms with Gasteiger partial charge in [-0.05, 0) is 44.5 Å². The Hall–Kier alpha value is -2.11. The Bertz CT molecular complexity index is 936. The second-order valence-corrected chi connectivity index (χ2v) is 7.00. The van der Waals surface area contributed by atoms with Gasteiger partial charge in [0, 0.05) is 17.6 Å². The number of pyridine rings is 1. The van der Waals surface area contributed by atoms with Crippen molar-refractivity contribution in [2.75, 3.05) is 0 Å². The molecule has 1 atom stereocenters. The standard InChI is InChI=1S/C18H18Cl2N4O/c1-10(2)24-17-13(9-22-24)6-14(8-21-17)18(25)23-11(3)12-4-5-15(19)16(20)7-12/h4-11H,1-3H3,(H,23,25). The van der Waals surface area contributed by atoms with Crippen LogP contribution in [-0.4, -0.2) is 20.7 Å². The van der Waals surface area contributed by atoms with Gasteiger partial charge < -0.3 is 5.32 Å². The Labute approximate surface area is 156 Å². The third kappa shape index (κ3) is 3.62. The second kappa shape index (κ2) is 7.02. The average molecular weight is 377 g/mol. The zero-order valence-corrected chi connectivity index (χ0v) is 15.6. The van der Waals surface area contributed by atoms with E-state index in [2.05, 4.69) is 15.4 Å². The van der Waals surface area contributed by atoms with E-state index in [4.69, 9.17) is 23.2 Å². The summed E-state index contributed by atoms with van der Waals surface area (Å²) in [6.07, 6.45) is 3.29. The normalized spacial score (nSPS) is 12.6. The van der Waals surface area contributed by atoms with Gasteiger partial charge in [0.15, 0.2) is 5.65 Å². The number of hydrogen-bond donors (Lipinski definition) is 1. The molecule has 0 spiro atoms. The molecule has 0 bridgehead atoms. The molecular weight excluding hydrogens is 359 g/mol. The number of fused-ring (bicyclic) bond motifs is 1. The number of rotatable bonds is 4. The largest absolute Gasteiger partial charge is 0.345 e. The molecule has 1 aromatic carbocycles. The first-order valence-corrected chi connectivity index (χ1v) is 8.71. The highest BCUT2D eigenvalue weighted by molar-refractivity contribution is 6.42. The summed E-state index contributed by atoms with van der Waals surface area (Å²) in [5.74, 6) is -0.203. The van der Waals surface area contributed by atoms with E-state index in [1.165, 1.54) is 0 Å². The first-order chi connectivity index (χ1) is 11.9. The first kappa shape index (κ1) is 17.7. The van der Waals surface area contributed by atoms with Gasteiger partial charge in [-0.15, -0.1) is 0 Å². The molecule has 130 valence electrons. The summed E-state index contributed by atoms with van der Waals surface area (Å²) < 4.78 is 1.83. The van der Waals surface area contributed by atoms with Gasteiger partial charge in [0.1, 0.15) is 0 Å². The van der Waals surface area contributed by atoms with E-state index in [1.54, 1.807) is 30.6 Å². The zero-order chi connectivity index (χ0) is 18.1. The fraction of sp³-hybridized carbons (Fsp3) is 0.278. The SMILES string of the molecule is CC(NC(=O)c1cnc2c(cnn2C(C)C)c1)c1ccc(Cl)c(Cl)c1. The van der Waals surface area contributed by atoms with Gasteiger partial charge in [0.05, 0.1) is 27.8 Å². The maximum atomic E-state index is 12.5. The van der Waals surface area contributed by atoms with Crippen LogP contribution in [0.25, 0.3) is 11.0 Å². The molecule has 0 aliphatic carbocycles. The molecule has 0 radical (unpaired) electrons. The van der Waals surface area contributed by atoms with E-state index in [0.717, 1.165) is 16.6 Å². The molecule has 3 aromatic rings. The Morgan fingerprint density at radius 3 is 2.56 bits per heavy atom. The van der Waals surface area contributed by atoms with Crippen molar-refractivity contribution >= 4 is 40.1 Å². The van der Waals surface area contributed by atoms with Crippen LogP contribution < -0.4 is 5.32 Å². The lowest BCUT2D eigenvalue weighted by Crippen LogP contribution is -2.26. The average Bonchev–Trinajstić information content (AvgIpc) is 3.00. The molecule has 0 aliphatic rings. The van der Waals surface area contributed by atoms with Crippen molar-refractivity contribution in [1.29, 1.82) is 0 Å². The Balaban J connectivity index is 1.80. The van der Waals surface area contributed by atoms with Gasteiger partial charge in [0.2, 0.25) is 0 Å². The van der Waals surface area contributed by atoms with Crippen molar-refractivity contribution < 1.29 is 4.79 Å². The molecule has 1 amide bonds. The van der Waals surface area contributed by atoms with Crippen LogP contribution in [0.15, 0.2) is 36.7 Å². The summed E-state index contributed by atoms with van der Waals surface area (Å²) in [6.45, 7) is 5.96. The minimum Gasteiger partial charge on any atom is -0.345 e. The molecule has 0 saturated heterocycles. The summed E-state index contributed by atoms with van der Waals surface area (Å²) in [6, 6.07) is 7.10. The predicted molar refractivity (Wildman–Crippen MR) is 100 cm³/mol. The zero-order valence-electron chi connectivity index (χ0n) is 14.1. The van der Waals surface area contributed by atoms with E-state index in [9.17, 15) is 4.79 Å². The molecule has 0 fully saturated rings. The number of carbonyl (C=O) groups is 1. The van der Waals surface area contributed by atoms with Crippen molar-refractivity contribution in [3.05, 3.63) is 57.8 Å². The molecule has 25 heavy (non-hydrogen) atoms. The fourth-order valence-electron chi connectivity index (χ4n) is 2.59. The van der Waals surface area contributed by atoms with Crippen LogP contribution in [0.5, 0.6) is 0 Å². The molecule has 1 unspecified atom stereocenters. The van der Waals surface area contributed by atoms with Crippen molar-refractivity contribution in [1.82, 2.24) is 20.1 Å². The monoisotopic (exact) mass is 376 g/mol. The van der Waals surface area contributed by atoms with Crippen molar-refractivity contribution in [2.24, 2.45) is 0 Å². The molecule has 2 aromatic heterocycles. The van der Waals surface area contributed by atoms with Crippen LogP contribution in [0.1, 0.15) is 48.8 Å². The van der Waals surface area contributed by atoms with Gasteiger partial charge in [-0.3, -0.25) is 4.79 Å². The lowest BCUT2D eigenvalue weighted by Gasteiger charge is -2.15. The van der Waals surface area contributed by atoms with Crippen LogP contribution in [0.4, 0.5) is 0 Å². The van der Waals surface area contributed by atoms with Crippen LogP contribution in [0.3, 0.4) is 0 Å². The number of amides is 1. The lowest BCUT2D eigenvalue weighted by molar-refractivity contribution is 0.0939. The number of carbonyl (C=O) groups excluding carboxylic acids is 1. The number of nitrogens with one attached hydrogen (secondary N) is 1. The molecular formula is C18H18Cl2N4O. The molecule has 0 aliphatic heterocycles. The molecule has 5 nitrogen and oxygen atoms in total. The molecule has 2 heterocycles. The fourth-order valence-corrected chi connectivity index (χ4v) is 2.89. The number of halogens is 2. The number of hydrogen-bond acceptors (Lipinski definition) is 3. The molecule has 3 rings (SSSR count). The second-order valence-electron chi connectivity index (χ2n) is 6.19. The lowest BCUT2D eigenvalue weighted by atomic mass is 10.1. The Kier molecular flexibility index (Phi) is 4.97. The van der Waals surface area contributed by atoms with Gasteiger partial charge in [0.25, 0.3) is 5.91 Å². The highest BCUT2D eigenvalue weighted by Crippen LogP contribution is 2.26. The summed E-state index contributed by atoms with van der Waals surface area (Å²) in [4.78, 5) is 16.9. The third-order valence-corrected chi connectivity index (χ3v) is 4.71. The quantitative estimate of drug-likeness (QED) is 0.710. The highest BCUT2D eigenvalue weighted by Gasteiger charge is 2.15. The summed E-state index contributed by atoms with van der Waals surface area (Å²) in [7, 11) is 0. The van der Waals surface area contributed by atoms with E-state index < -0.39 is 0 Å². The van der Waals surface area contributed by atoms with E-state index in [-0.39, 0.29) is 18.0 Å². The topological polar surface area (TPSA) is 59.8 Å². The molecule has 7 heteroatoms. The number of benzene rings is 1. The number of nitrogens with zero attached hydrogens (tertiary/aromatic N) is 3. The van der Waals surface area contributed by atoms with Gasteiger partial charge >= 0.3 is 0 Å². The Morgan fingerprint density at radius 2 is 1.88 bits per heavy atom. The van der Waals surface area contributed by atoms with E-state index in [0.29, 0.717) is 15.6 Å². The summed E-state index contributed by atoms with van der Waals surface area (Å²) >= 11 is 12.0. The number of aromatic nitrogens is 3. The smallest absolute Gasteiger partial charge is 0.253 e. The van der Waals surface area contributed by atoms with Crippen LogP contribution in [0, 0.1) is 0 Å². The third-order valence-electron chi connectivity index (χ3n) is 3.98.